The van der Waals surface area contributed by atoms with Crippen LogP contribution >= 0.6 is 0 Å². The number of benzene rings is 3. The monoisotopic (exact) mass is 602 g/mol. The van der Waals surface area contributed by atoms with Gasteiger partial charge in [0.05, 0.1) is 38.0 Å². The fourth-order valence-corrected chi connectivity index (χ4v) is 7.24. The third kappa shape index (κ3) is 4.37. The number of rotatable bonds is 5. The predicted octanol–water partition coefficient (Wildman–Crippen LogP) is 4.44. The summed E-state index contributed by atoms with van der Waals surface area (Å²) in [6, 6.07) is 13.4. The summed E-state index contributed by atoms with van der Waals surface area (Å²) in [7, 11) is -8.78. The molecule has 5 rings (SSSR count). The number of aromatic amines is 1. The summed E-state index contributed by atoms with van der Waals surface area (Å²) < 4.78 is 98.7. The SMILES string of the molecule is Cc1ccc(S(=O)(=O)n2ccc3c(C(O)(c4nc5ccc(C#N)cc5[nH]4)C(F)(F)F)c(S(C)(=O)=O)cc(C)c32)cc1. The second-order valence-electron chi connectivity index (χ2n) is 9.67. The van der Waals surface area contributed by atoms with Crippen LogP contribution in [0.3, 0.4) is 0 Å². The summed E-state index contributed by atoms with van der Waals surface area (Å²) in [4.78, 5) is 5.30. The first-order valence-corrected chi connectivity index (χ1v) is 15.2. The summed E-state index contributed by atoms with van der Waals surface area (Å²) in [5, 5.41) is 20.3. The van der Waals surface area contributed by atoms with Gasteiger partial charge < -0.3 is 10.1 Å². The average molecular weight is 603 g/mol. The predicted molar refractivity (Wildman–Crippen MR) is 143 cm³/mol. The van der Waals surface area contributed by atoms with Crippen LogP contribution in [-0.4, -0.2) is 48.3 Å². The summed E-state index contributed by atoms with van der Waals surface area (Å²) >= 11 is 0. The largest absolute Gasteiger partial charge is 0.428 e. The number of imidazole rings is 1. The number of aryl methyl sites for hydroxylation is 2. The highest BCUT2D eigenvalue weighted by atomic mass is 32.2. The van der Waals surface area contributed by atoms with E-state index in [0.29, 0.717) is 6.26 Å². The fraction of sp³-hybridized carbons (Fsp3) is 0.185. The molecule has 0 saturated heterocycles. The molecule has 0 spiro atoms. The minimum atomic E-state index is -5.54. The van der Waals surface area contributed by atoms with Gasteiger partial charge in [0, 0.05) is 23.4 Å². The van der Waals surface area contributed by atoms with Crippen LogP contribution in [0.2, 0.25) is 0 Å². The van der Waals surface area contributed by atoms with E-state index in [0.717, 1.165) is 27.9 Å². The van der Waals surface area contributed by atoms with Crippen molar-refractivity contribution in [2.24, 2.45) is 0 Å². The van der Waals surface area contributed by atoms with E-state index in [2.05, 4.69) is 9.97 Å². The summed E-state index contributed by atoms with van der Waals surface area (Å²) in [6.07, 6.45) is -3.85. The summed E-state index contributed by atoms with van der Waals surface area (Å²) in [5.74, 6) is -1.06. The van der Waals surface area contributed by atoms with Crippen molar-refractivity contribution in [2.75, 3.05) is 6.26 Å². The Hall–Kier alpha value is -4.19. The molecule has 0 amide bonds. The molecular weight excluding hydrogens is 581 g/mol. The van der Waals surface area contributed by atoms with Gasteiger partial charge in [0.25, 0.3) is 10.0 Å². The van der Waals surface area contributed by atoms with Crippen molar-refractivity contribution in [3.05, 3.63) is 88.9 Å². The maximum Gasteiger partial charge on any atom is 0.428 e. The van der Waals surface area contributed by atoms with E-state index in [1.165, 1.54) is 37.3 Å². The van der Waals surface area contributed by atoms with Crippen molar-refractivity contribution in [1.29, 1.82) is 5.26 Å². The van der Waals surface area contributed by atoms with Gasteiger partial charge in [-0.2, -0.15) is 18.4 Å². The Labute approximate surface area is 232 Å². The lowest BCUT2D eigenvalue weighted by Gasteiger charge is -2.31. The highest BCUT2D eigenvalue weighted by Gasteiger charge is 2.61. The molecule has 0 saturated carbocycles. The van der Waals surface area contributed by atoms with Gasteiger partial charge in [-0.1, -0.05) is 17.7 Å². The standard InChI is InChI=1S/C27H21F3N4O5S2/c1-15-4-7-18(8-5-15)41(38,39)34-11-10-19-23(22(40(3,36)37)12-16(2)24(19)34)26(35,27(28,29)30)25-32-20-9-6-17(14-31)13-21(20)33-25/h4-13,35H,1-3H3,(H,32,33). The number of nitrogens with one attached hydrogen (secondary N) is 1. The van der Waals surface area contributed by atoms with Crippen LogP contribution in [0.5, 0.6) is 0 Å². The molecule has 0 aliphatic rings. The van der Waals surface area contributed by atoms with Gasteiger partial charge in [-0.15, -0.1) is 0 Å². The molecule has 41 heavy (non-hydrogen) atoms. The topological polar surface area (TPSA) is 146 Å². The van der Waals surface area contributed by atoms with Crippen LogP contribution in [0.4, 0.5) is 13.2 Å². The van der Waals surface area contributed by atoms with E-state index in [1.807, 2.05) is 6.07 Å². The zero-order valence-corrected chi connectivity index (χ0v) is 23.3. The molecule has 5 aromatic rings. The van der Waals surface area contributed by atoms with Crippen molar-refractivity contribution in [3.63, 3.8) is 0 Å². The third-order valence-electron chi connectivity index (χ3n) is 6.79. The van der Waals surface area contributed by atoms with E-state index in [9.17, 15) is 27.2 Å². The first kappa shape index (κ1) is 28.3. The van der Waals surface area contributed by atoms with E-state index >= 15 is 13.2 Å². The first-order chi connectivity index (χ1) is 19.0. The molecule has 1 atom stereocenters. The number of fused-ring (bicyclic) bond motifs is 2. The van der Waals surface area contributed by atoms with E-state index < -0.39 is 53.3 Å². The van der Waals surface area contributed by atoms with Crippen LogP contribution in [0, 0.1) is 25.2 Å². The maximum atomic E-state index is 15.0. The van der Waals surface area contributed by atoms with E-state index in [4.69, 9.17) is 0 Å². The molecule has 2 aromatic heterocycles. The Morgan fingerprint density at radius 1 is 1.00 bits per heavy atom. The Morgan fingerprint density at radius 3 is 2.24 bits per heavy atom. The van der Waals surface area contributed by atoms with Gasteiger partial charge >= 0.3 is 6.18 Å². The second kappa shape index (κ2) is 9.16. The van der Waals surface area contributed by atoms with Gasteiger partial charge in [-0.05, 0) is 61.9 Å². The molecule has 3 aromatic carbocycles. The van der Waals surface area contributed by atoms with Crippen molar-refractivity contribution in [1.82, 2.24) is 13.9 Å². The quantitative estimate of drug-likeness (QED) is 0.302. The third-order valence-corrected chi connectivity index (χ3v) is 9.60. The number of H-pyrrole nitrogens is 1. The van der Waals surface area contributed by atoms with Crippen molar-refractivity contribution in [3.8, 4) is 6.07 Å². The number of aromatic nitrogens is 3. The molecule has 0 fully saturated rings. The molecular formula is C27H21F3N4O5S2. The Morgan fingerprint density at radius 2 is 1.66 bits per heavy atom. The molecule has 0 aliphatic carbocycles. The highest BCUT2D eigenvalue weighted by Crippen LogP contribution is 2.49. The van der Waals surface area contributed by atoms with Crippen molar-refractivity contribution >= 4 is 41.8 Å². The molecule has 0 bridgehead atoms. The molecule has 212 valence electrons. The molecule has 14 heteroatoms. The number of nitrogens with zero attached hydrogens (tertiary/aromatic N) is 3. The number of alkyl halides is 3. The Bertz CT molecular complexity index is 2130. The lowest BCUT2D eigenvalue weighted by Crippen LogP contribution is -2.45. The van der Waals surface area contributed by atoms with E-state index in [-0.39, 0.29) is 32.6 Å². The lowest BCUT2D eigenvalue weighted by molar-refractivity contribution is -0.251. The molecule has 0 aliphatic heterocycles. The maximum absolute atomic E-state index is 15.0. The number of nitriles is 1. The van der Waals surface area contributed by atoms with Crippen molar-refractivity contribution < 1.29 is 35.1 Å². The number of hydrogen-bond donors (Lipinski definition) is 2. The van der Waals surface area contributed by atoms with Crippen LogP contribution in [0.15, 0.2) is 70.6 Å². The second-order valence-corrected chi connectivity index (χ2v) is 13.5. The highest BCUT2D eigenvalue weighted by molar-refractivity contribution is 7.91. The number of aliphatic hydroxyl groups is 1. The van der Waals surface area contributed by atoms with Gasteiger partial charge in [0.1, 0.15) is 0 Å². The van der Waals surface area contributed by atoms with Crippen molar-refractivity contribution in [2.45, 2.75) is 35.4 Å². The zero-order chi connectivity index (χ0) is 30.1. The first-order valence-electron chi connectivity index (χ1n) is 11.9. The molecule has 1 unspecified atom stereocenters. The van der Waals surface area contributed by atoms with Crippen LogP contribution < -0.4 is 0 Å². The number of hydrogen-bond acceptors (Lipinski definition) is 7. The minimum Gasteiger partial charge on any atom is -0.370 e. The summed E-state index contributed by atoms with van der Waals surface area (Å²) in [5.41, 5.74) is -4.50. The molecule has 9 nitrogen and oxygen atoms in total. The molecule has 0 radical (unpaired) electrons. The van der Waals surface area contributed by atoms with Crippen LogP contribution in [0.1, 0.15) is 28.1 Å². The Kier molecular flexibility index (Phi) is 6.34. The Balaban J connectivity index is 1.91. The molecule has 2 heterocycles. The van der Waals surface area contributed by atoms with Gasteiger partial charge in [-0.3, -0.25) is 0 Å². The van der Waals surface area contributed by atoms with Crippen LogP contribution in [-0.2, 0) is 25.5 Å². The fourth-order valence-electron chi connectivity index (χ4n) is 4.81. The van der Waals surface area contributed by atoms with Crippen LogP contribution in [0.25, 0.3) is 21.9 Å². The average Bonchev–Trinajstić information content (AvgIpc) is 3.52. The number of halogens is 3. The zero-order valence-electron chi connectivity index (χ0n) is 21.6. The normalized spacial score (nSPS) is 14.3. The van der Waals surface area contributed by atoms with Gasteiger partial charge in [-0.25, -0.2) is 25.8 Å². The molecule has 2 N–H and O–H groups in total. The minimum absolute atomic E-state index is 0.00879. The smallest absolute Gasteiger partial charge is 0.370 e. The van der Waals surface area contributed by atoms with E-state index in [1.54, 1.807) is 19.1 Å². The summed E-state index contributed by atoms with van der Waals surface area (Å²) in [6.45, 7) is 3.11. The van der Waals surface area contributed by atoms with Gasteiger partial charge in [0.15, 0.2) is 15.7 Å². The lowest BCUT2D eigenvalue weighted by atomic mass is 9.88. The number of sulfone groups is 1. The van der Waals surface area contributed by atoms with Gasteiger partial charge in [0.2, 0.25) is 5.60 Å².